The standard InChI is InChI=1S/C24H28F2N4O3/c1-16(13-23(32)29-18-5-4-6-19(15-18)30-11-2-3-12-30)28-22(31)9-10-27-24(33)20-8-7-17(25)14-21(20)26/h4-8,14-16H,2-3,9-13H2,1H3,(H,27,33)(H,28,31)(H,29,32). The topological polar surface area (TPSA) is 90.5 Å². The first-order chi connectivity index (χ1) is 15.8. The van der Waals surface area contributed by atoms with E-state index in [1.165, 1.54) is 12.8 Å². The second kappa shape index (κ2) is 11.4. The fourth-order valence-electron chi connectivity index (χ4n) is 3.70. The van der Waals surface area contributed by atoms with Crippen molar-refractivity contribution in [1.29, 1.82) is 0 Å². The minimum atomic E-state index is -0.970. The van der Waals surface area contributed by atoms with Gasteiger partial charge in [-0.1, -0.05) is 6.07 Å². The average Bonchev–Trinajstić information content (AvgIpc) is 3.28. The molecular weight excluding hydrogens is 430 g/mol. The number of nitrogens with zero attached hydrogens (tertiary/aromatic N) is 1. The van der Waals surface area contributed by atoms with Gasteiger partial charge in [-0.2, -0.15) is 0 Å². The van der Waals surface area contributed by atoms with Crippen LogP contribution in [-0.4, -0.2) is 43.4 Å². The molecule has 0 spiro atoms. The summed E-state index contributed by atoms with van der Waals surface area (Å²) in [5.41, 5.74) is 1.49. The van der Waals surface area contributed by atoms with Gasteiger partial charge in [0.25, 0.3) is 5.91 Å². The van der Waals surface area contributed by atoms with Crippen molar-refractivity contribution in [3.05, 3.63) is 59.7 Å². The fraction of sp³-hybridized carbons (Fsp3) is 0.375. The van der Waals surface area contributed by atoms with Gasteiger partial charge in [-0.3, -0.25) is 14.4 Å². The Bertz CT molecular complexity index is 1010. The third-order valence-corrected chi connectivity index (χ3v) is 5.31. The van der Waals surface area contributed by atoms with Crippen molar-refractivity contribution in [3.63, 3.8) is 0 Å². The molecule has 3 amide bonds. The highest BCUT2D eigenvalue weighted by Crippen LogP contribution is 2.23. The zero-order valence-corrected chi connectivity index (χ0v) is 18.5. The van der Waals surface area contributed by atoms with Crippen LogP contribution in [0.1, 0.15) is 43.0 Å². The summed E-state index contributed by atoms with van der Waals surface area (Å²) in [7, 11) is 0. The number of amides is 3. The average molecular weight is 459 g/mol. The molecule has 3 rings (SSSR count). The first-order valence-electron chi connectivity index (χ1n) is 11.0. The molecule has 33 heavy (non-hydrogen) atoms. The van der Waals surface area contributed by atoms with E-state index in [1.54, 1.807) is 6.92 Å². The van der Waals surface area contributed by atoms with Gasteiger partial charge < -0.3 is 20.9 Å². The van der Waals surface area contributed by atoms with Crippen LogP contribution in [-0.2, 0) is 9.59 Å². The van der Waals surface area contributed by atoms with Crippen LogP contribution in [0.2, 0.25) is 0 Å². The van der Waals surface area contributed by atoms with Crippen LogP contribution < -0.4 is 20.9 Å². The van der Waals surface area contributed by atoms with Gasteiger partial charge in [0.15, 0.2) is 0 Å². The second-order valence-corrected chi connectivity index (χ2v) is 8.10. The van der Waals surface area contributed by atoms with Crippen LogP contribution >= 0.6 is 0 Å². The summed E-state index contributed by atoms with van der Waals surface area (Å²) < 4.78 is 26.5. The Morgan fingerprint density at radius 1 is 1.03 bits per heavy atom. The number of halogens is 2. The van der Waals surface area contributed by atoms with Crippen LogP contribution in [0.4, 0.5) is 20.2 Å². The van der Waals surface area contributed by atoms with Crippen molar-refractivity contribution in [3.8, 4) is 0 Å². The maximum atomic E-state index is 13.6. The number of hydrogen-bond acceptors (Lipinski definition) is 4. The highest BCUT2D eigenvalue weighted by atomic mass is 19.1. The summed E-state index contributed by atoms with van der Waals surface area (Å²) in [5, 5.41) is 7.98. The third kappa shape index (κ3) is 7.27. The lowest BCUT2D eigenvalue weighted by atomic mass is 10.2. The molecule has 9 heteroatoms. The maximum absolute atomic E-state index is 13.6. The first-order valence-corrected chi connectivity index (χ1v) is 11.0. The normalized spacial score (nSPS) is 14.0. The molecule has 0 aromatic heterocycles. The highest BCUT2D eigenvalue weighted by molar-refractivity contribution is 5.95. The molecule has 0 bridgehead atoms. The molecule has 0 saturated carbocycles. The Labute approximate surface area is 191 Å². The lowest BCUT2D eigenvalue weighted by molar-refractivity contribution is -0.122. The SMILES string of the molecule is CC(CC(=O)Nc1cccc(N2CCCC2)c1)NC(=O)CCNC(=O)c1ccc(F)cc1F. The van der Waals surface area contributed by atoms with Gasteiger partial charge in [0, 0.05) is 56.0 Å². The predicted molar refractivity (Wildman–Crippen MR) is 122 cm³/mol. The second-order valence-electron chi connectivity index (χ2n) is 8.10. The first kappa shape index (κ1) is 24.2. The van der Waals surface area contributed by atoms with Crippen molar-refractivity contribution in [1.82, 2.24) is 10.6 Å². The summed E-state index contributed by atoms with van der Waals surface area (Å²) in [6, 6.07) is 9.93. The summed E-state index contributed by atoms with van der Waals surface area (Å²) in [5.74, 6) is -3.06. The summed E-state index contributed by atoms with van der Waals surface area (Å²) >= 11 is 0. The molecule has 1 aliphatic heterocycles. The van der Waals surface area contributed by atoms with Crippen molar-refractivity contribution in [2.75, 3.05) is 29.9 Å². The minimum absolute atomic E-state index is 0.0241. The summed E-state index contributed by atoms with van der Waals surface area (Å²) in [4.78, 5) is 38.7. The summed E-state index contributed by atoms with van der Waals surface area (Å²) in [6.45, 7) is 3.72. The zero-order valence-electron chi connectivity index (χ0n) is 18.5. The molecule has 1 saturated heterocycles. The molecule has 2 aromatic rings. The molecule has 1 fully saturated rings. The number of carbonyl (C=O) groups is 3. The van der Waals surface area contributed by atoms with Gasteiger partial charge in [0.1, 0.15) is 11.6 Å². The molecule has 1 heterocycles. The molecular formula is C24H28F2N4O3. The van der Waals surface area contributed by atoms with Crippen molar-refractivity contribution in [2.45, 2.75) is 38.6 Å². The van der Waals surface area contributed by atoms with E-state index in [4.69, 9.17) is 0 Å². The number of nitrogens with one attached hydrogen (secondary N) is 3. The Kier molecular flexibility index (Phi) is 8.34. The van der Waals surface area contributed by atoms with E-state index in [1.807, 2.05) is 24.3 Å². The number of benzene rings is 2. The van der Waals surface area contributed by atoms with E-state index < -0.39 is 23.6 Å². The Morgan fingerprint density at radius 2 is 1.79 bits per heavy atom. The predicted octanol–water partition coefficient (Wildman–Crippen LogP) is 3.22. The molecule has 1 unspecified atom stereocenters. The smallest absolute Gasteiger partial charge is 0.254 e. The van der Waals surface area contributed by atoms with Gasteiger partial charge >= 0.3 is 0 Å². The molecule has 7 nitrogen and oxygen atoms in total. The Hall–Kier alpha value is -3.49. The highest BCUT2D eigenvalue weighted by Gasteiger charge is 2.16. The minimum Gasteiger partial charge on any atom is -0.371 e. The van der Waals surface area contributed by atoms with Crippen molar-refractivity contribution >= 4 is 29.1 Å². The number of anilines is 2. The Balaban J connectivity index is 1.38. The zero-order chi connectivity index (χ0) is 23.8. The molecule has 1 aliphatic rings. The van der Waals surface area contributed by atoms with Gasteiger partial charge in [-0.05, 0) is 50.1 Å². The molecule has 176 valence electrons. The fourth-order valence-corrected chi connectivity index (χ4v) is 3.70. The van der Waals surface area contributed by atoms with Gasteiger partial charge in [0.05, 0.1) is 5.56 Å². The molecule has 0 aliphatic carbocycles. The molecule has 1 atom stereocenters. The van der Waals surface area contributed by atoms with E-state index in [0.29, 0.717) is 11.8 Å². The number of hydrogen-bond donors (Lipinski definition) is 3. The molecule has 2 aromatic carbocycles. The number of carbonyl (C=O) groups excluding carboxylic acids is 3. The van der Waals surface area contributed by atoms with Crippen LogP contribution in [0.25, 0.3) is 0 Å². The van der Waals surface area contributed by atoms with E-state index in [0.717, 1.165) is 30.9 Å². The largest absolute Gasteiger partial charge is 0.371 e. The van der Waals surface area contributed by atoms with Crippen LogP contribution in [0.5, 0.6) is 0 Å². The maximum Gasteiger partial charge on any atom is 0.254 e. The summed E-state index contributed by atoms with van der Waals surface area (Å²) in [6.07, 6.45) is 2.38. The van der Waals surface area contributed by atoms with Gasteiger partial charge in [0.2, 0.25) is 11.8 Å². The monoisotopic (exact) mass is 458 g/mol. The quantitative estimate of drug-likeness (QED) is 0.538. The van der Waals surface area contributed by atoms with E-state index in [9.17, 15) is 23.2 Å². The van der Waals surface area contributed by atoms with Crippen molar-refractivity contribution < 1.29 is 23.2 Å². The Morgan fingerprint density at radius 3 is 2.52 bits per heavy atom. The van der Waals surface area contributed by atoms with Crippen LogP contribution in [0.15, 0.2) is 42.5 Å². The van der Waals surface area contributed by atoms with E-state index >= 15 is 0 Å². The van der Waals surface area contributed by atoms with Gasteiger partial charge in [-0.15, -0.1) is 0 Å². The number of rotatable bonds is 9. The van der Waals surface area contributed by atoms with E-state index in [2.05, 4.69) is 20.9 Å². The lowest BCUT2D eigenvalue weighted by Gasteiger charge is -2.19. The van der Waals surface area contributed by atoms with Gasteiger partial charge in [-0.25, -0.2) is 8.78 Å². The molecule has 3 N–H and O–H groups in total. The van der Waals surface area contributed by atoms with Crippen molar-refractivity contribution in [2.24, 2.45) is 0 Å². The lowest BCUT2D eigenvalue weighted by Crippen LogP contribution is -2.37. The van der Waals surface area contributed by atoms with Crippen LogP contribution in [0, 0.1) is 11.6 Å². The van der Waals surface area contributed by atoms with Crippen LogP contribution in [0.3, 0.4) is 0 Å². The third-order valence-electron chi connectivity index (χ3n) is 5.31. The molecule has 0 radical (unpaired) electrons. The van der Waals surface area contributed by atoms with E-state index in [-0.39, 0.29) is 36.8 Å².